The number of nitro benzene ring substituents is 1. The number of fused-ring (bicyclic) bond motifs is 2. The van der Waals surface area contributed by atoms with Crippen LogP contribution in [0.1, 0.15) is 25.7 Å². The summed E-state index contributed by atoms with van der Waals surface area (Å²) in [6.07, 6.45) is 4.08. The van der Waals surface area contributed by atoms with E-state index in [-0.39, 0.29) is 22.4 Å². The van der Waals surface area contributed by atoms with E-state index in [2.05, 4.69) is 10.6 Å². The van der Waals surface area contributed by atoms with Crippen LogP contribution in [0.3, 0.4) is 0 Å². The first-order valence-corrected chi connectivity index (χ1v) is 7.06. The van der Waals surface area contributed by atoms with E-state index >= 15 is 0 Å². The number of nitrogens with one attached hydrogen (secondary N) is 2. The molecule has 3 rings (SSSR count). The molecule has 0 radical (unpaired) electrons. The van der Waals surface area contributed by atoms with Gasteiger partial charge in [-0.15, -0.1) is 0 Å². The number of benzene rings is 1. The Morgan fingerprint density at radius 1 is 1.35 bits per heavy atom. The smallest absolute Gasteiger partial charge is 0.294 e. The second-order valence-corrected chi connectivity index (χ2v) is 5.90. The van der Waals surface area contributed by atoms with Gasteiger partial charge in [0.1, 0.15) is 11.5 Å². The van der Waals surface area contributed by atoms with Crippen LogP contribution in [0.4, 0.5) is 15.8 Å². The van der Waals surface area contributed by atoms with Crippen molar-refractivity contribution < 1.29 is 9.31 Å². The molecule has 1 aromatic carbocycles. The van der Waals surface area contributed by atoms with Gasteiger partial charge in [0, 0.05) is 30.3 Å². The van der Waals surface area contributed by atoms with E-state index in [9.17, 15) is 14.5 Å². The molecule has 0 saturated carbocycles. The van der Waals surface area contributed by atoms with Crippen molar-refractivity contribution in [2.24, 2.45) is 0 Å². The maximum absolute atomic E-state index is 13.5. The van der Waals surface area contributed by atoms with Gasteiger partial charge in [0.05, 0.1) is 9.95 Å². The summed E-state index contributed by atoms with van der Waals surface area (Å²) in [6, 6.07) is 3.23. The van der Waals surface area contributed by atoms with Crippen molar-refractivity contribution in [3.8, 4) is 0 Å². The number of anilines is 1. The number of rotatable bonds is 3. The van der Waals surface area contributed by atoms with Crippen molar-refractivity contribution in [1.82, 2.24) is 5.32 Å². The van der Waals surface area contributed by atoms with Gasteiger partial charge in [-0.1, -0.05) is 11.6 Å². The van der Waals surface area contributed by atoms with Crippen molar-refractivity contribution in [2.75, 3.05) is 5.32 Å². The molecular weight excluding hydrogens is 285 g/mol. The molecule has 0 spiro atoms. The van der Waals surface area contributed by atoms with Gasteiger partial charge in [-0.05, 0) is 25.7 Å². The second kappa shape index (κ2) is 5.18. The van der Waals surface area contributed by atoms with E-state index in [0.717, 1.165) is 37.8 Å². The van der Waals surface area contributed by atoms with Crippen LogP contribution in [-0.4, -0.2) is 23.0 Å². The molecule has 20 heavy (non-hydrogen) atoms. The molecule has 5 nitrogen and oxygen atoms in total. The quantitative estimate of drug-likeness (QED) is 0.665. The highest BCUT2D eigenvalue weighted by molar-refractivity contribution is 6.31. The monoisotopic (exact) mass is 299 g/mol. The molecule has 108 valence electrons. The topological polar surface area (TPSA) is 67.2 Å². The van der Waals surface area contributed by atoms with Gasteiger partial charge < -0.3 is 10.6 Å². The first-order valence-electron chi connectivity index (χ1n) is 6.69. The first-order chi connectivity index (χ1) is 9.52. The van der Waals surface area contributed by atoms with E-state index < -0.39 is 10.7 Å². The Labute approximate surface area is 120 Å². The molecule has 0 aliphatic carbocycles. The van der Waals surface area contributed by atoms with Gasteiger partial charge in [-0.25, -0.2) is 4.39 Å². The zero-order chi connectivity index (χ0) is 14.3. The fourth-order valence-electron chi connectivity index (χ4n) is 3.20. The molecular formula is C13H15ClFN3O2. The van der Waals surface area contributed by atoms with Crippen molar-refractivity contribution in [3.05, 3.63) is 33.1 Å². The van der Waals surface area contributed by atoms with E-state index in [1.807, 2.05) is 0 Å². The maximum Gasteiger partial charge on any atom is 0.294 e. The van der Waals surface area contributed by atoms with Gasteiger partial charge in [0.2, 0.25) is 0 Å². The van der Waals surface area contributed by atoms with Crippen LogP contribution in [0.15, 0.2) is 12.1 Å². The Morgan fingerprint density at radius 2 is 2.00 bits per heavy atom. The number of hydrogen-bond donors (Lipinski definition) is 2. The Morgan fingerprint density at radius 3 is 2.60 bits per heavy atom. The summed E-state index contributed by atoms with van der Waals surface area (Å²) < 4.78 is 13.5. The Kier molecular flexibility index (Phi) is 3.52. The molecule has 2 aliphatic rings. The normalized spacial score (nSPS) is 28.4. The van der Waals surface area contributed by atoms with Crippen LogP contribution >= 0.6 is 11.6 Å². The van der Waals surface area contributed by atoms with Gasteiger partial charge in [0.25, 0.3) is 5.69 Å². The first kappa shape index (κ1) is 13.6. The molecule has 2 aliphatic heterocycles. The second-order valence-electron chi connectivity index (χ2n) is 5.49. The van der Waals surface area contributed by atoms with Crippen LogP contribution < -0.4 is 10.6 Å². The van der Waals surface area contributed by atoms with E-state index in [1.54, 1.807) is 0 Å². The van der Waals surface area contributed by atoms with Gasteiger partial charge >= 0.3 is 0 Å². The SMILES string of the molecule is O=[N+]([O-])c1cc(Cl)c(F)cc1NC1CC2CCC(C1)N2. The molecule has 2 heterocycles. The zero-order valence-electron chi connectivity index (χ0n) is 10.7. The molecule has 1 aromatic rings. The largest absolute Gasteiger partial charge is 0.377 e. The minimum Gasteiger partial charge on any atom is -0.377 e. The third kappa shape index (κ3) is 2.58. The lowest BCUT2D eigenvalue weighted by atomic mass is 9.99. The van der Waals surface area contributed by atoms with Crippen molar-refractivity contribution in [3.63, 3.8) is 0 Å². The Balaban J connectivity index is 1.83. The average Bonchev–Trinajstić information content (AvgIpc) is 2.72. The summed E-state index contributed by atoms with van der Waals surface area (Å²) in [6.45, 7) is 0. The van der Waals surface area contributed by atoms with Gasteiger partial charge in [-0.3, -0.25) is 10.1 Å². The van der Waals surface area contributed by atoms with E-state index in [1.165, 1.54) is 0 Å². The summed E-state index contributed by atoms with van der Waals surface area (Å²) in [5.74, 6) is -0.642. The molecule has 2 atom stereocenters. The lowest BCUT2D eigenvalue weighted by Crippen LogP contribution is -2.43. The highest BCUT2D eigenvalue weighted by Crippen LogP contribution is 2.34. The maximum atomic E-state index is 13.5. The number of halogens is 2. The average molecular weight is 300 g/mol. The number of piperidine rings is 1. The van der Waals surface area contributed by atoms with Crippen LogP contribution in [-0.2, 0) is 0 Å². The number of hydrogen-bond acceptors (Lipinski definition) is 4. The predicted molar refractivity (Wildman–Crippen MR) is 74.7 cm³/mol. The standard InChI is InChI=1S/C13H15ClFN3O2/c14-10-5-13(18(19)20)12(6-11(10)15)17-9-3-7-1-2-8(4-9)16-7/h5-9,16-17H,1-4H2. The van der Waals surface area contributed by atoms with Gasteiger partial charge in [-0.2, -0.15) is 0 Å². The van der Waals surface area contributed by atoms with Crippen molar-refractivity contribution >= 4 is 23.0 Å². The molecule has 2 bridgehead atoms. The van der Waals surface area contributed by atoms with Crippen LogP contribution in [0.5, 0.6) is 0 Å². The number of nitro groups is 1. The summed E-state index contributed by atoms with van der Waals surface area (Å²) in [4.78, 5) is 10.5. The van der Waals surface area contributed by atoms with Crippen LogP contribution in [0.2, 0.25) is 5.02 Å². The highest BCUT2D eigenvalue weighted by atomic mass is 35.5. The summed E-state index contributed by atoms with van der Waals surface area (Å²) in [7, 11) is 0. The third-order valence-corrected chi connectivity index (χ3v) is 4.36. The summed E-state index contributed by atoms with van der Waals surface area (Å²) in [5.41, 5.74) is 0.0329. The Hall–Kier alpha value is -1.40. The molecule has 0 amide bonds. The minimum atomic E-state index is -0.642. The summed E-state index contributed by atoms with van der Waals surface area (Å²) >= 11 is 5.61. The predicted octanol–water partition coefficient (Wildman–Crippen LogP) is 3.08. The molecule has 0 aromatic heterocycles. The molecule has 2 fully saturated rings. The molecule has 2 unspecified atom stereocenters. The number of nitrogens with zero attached hydrogens (tertiary/aromatic N) is 1. The minimum absolute atomic E-state index is 0.132. The Bertz CT molecular complexity index is 543. The highest BCUT2D eigenvalue weighted by Gasteiger charge is 2.34. The molecule has 2 saturated heterocycles. The van der Waals surface area contributed by atoms with Crippen LogP contribution in [0, 0.1) is 15.9 Å². The lowest BCUT2D eigenvalue weighted by molar-refractivity contribution is -0.384. The molecule has 7 heteroatoms. The third-order valence-electron chi connectivity index (χ3n) is 4.07. The summed E-state index contributed by atoms with van der Waals surface area (Å²) in [5, 5.41) is 17.4. The van der Waals surface area contributed by atoms with E-state index in [4.69, 9.17) is 11.6 Å². The van der Waals surface area contributed by atoms with E-state index in [0.29, 0.717) is 12.1 Å². The van der Waals surface area contributed by atoms with Crippen molar-refractivity contribution in [1.29, 1.82) is 0 Å². The van der Waals surface area contributed by atoms with Crippen molar-refractivity contribution in [2.45, 2.75) is 43.8 Å². The fourth-order valence-corrected chi connectivity index (χ4v) is 3.36. The lowest BCUT2D eigenvalue weighted by Gasteiger charge is -2.30. The van der Waals surface area contributed by atoms with Gasteiger partial charge in [0.15, 0.2) is 0 Å². The fraction of sp³-hybridized carbons (Fsp3) is 0.538. The van der Waals surface area contributed by atoms with Crippen LogP contribution in [0.25, 0.3) is 0 Å². The molecule has 2 N–H and O–H groups in total. The zero-order valence-corrected chi connectivity index (χ0v) is 11.5.